The Hall–Kier alpha value is -1.02. The Labute approximate surface area is 101 Å². The second-order valence-corrected chi connectivity index (χ2v) is 4.46. The van der Waals surface area contributed by atoms with Gasteiger partial charge in [-0.1, -0.05) is 18.2 Å². The Morgan fingerprint density at radius 2 is 2.12 bits per heavy atom. The summed E-state index contributed by atoms with van der Waals surface area (Å²) in [7, 11) is 0. The molecule has 0 radical (unpaired) electrons. The van der Waals surface area contributed by atoms with E-state index in [1.165, 1.54) is 36.0 Å². The Morgan fingerprint density at radius 1 is 1.31 bits per heavy atom. The van der Waals surface area contributed by atoms with Crippen LogP contribution in [0.25, 0.3) is 0 Å². The highest BCUT2D eigenvalue weighted by Gasteiger charge is 2.10. The fourth-order valence-electron chi connectivity index (χ4n) is 2.17. The predicted molar refractivity (Wildman–Crippen MR) is 65.9 cm³/mol. The minimum Gasteiger partial charge on any atom is -0.355 e. The lowest BCUT2D eigenvalue weighted by Crippen LogP contribution is -2.26. The zero-order chi connectivity index (χ0) is 11.4. The molecular formula is C13H16ClNO. The molecule has 1 aliphatic carbocycles. The number of amides is 1. The van der Waals surface area contributed by atoms with Crippen molar-refractivity contribution in [3.05, 3.63) is 34.9 Å². The quantitative estimate of drug-likeness (QED) is 0.799. The lowest BCUT2D eigenvalue weighted by Gasteiger charge is -2.05. The van der Waals surface area contributed by atoms with Crippen LogP contribution in [0.15, 0.2) is 18.2 Å². The maximum absolute atomic E-state index is 10.9. The second-order valence-electron chi connectivity index (χ2n) is 4.19. The molecule has 0 heterocycles. The number of benzene rings is 1. The van der Waals surface area contributed by atoms with Crippen LogP contribution in [0.2, 0.25) is 0 Å². The number of alkyl halides is 1. The number of carbonyl (C=O) groups is 1. The van der Waals surface area contributed by atoms with Gasteiger partial charge in [0, 0.05) is 6.54 Å². The van der Waals surface area contributed by atoms with Crippen LogP contribution in [0.3, 0.4) is 0 Å². The fourth-order valence-corrected chi connectivity index (χ4v) is 2.27. The Morgan fingerprint density at radius 3 is 2.94 bits per heavy atom. The number of halogens is 1. The molecule has 1 amide bonds. The minimum absolute atomic E-state index is 0.0458. The Bertz CT molecular complexity index is 390. The van der Waals surface area contributed by atoms with E-state index in [1.807, 2.05) is 0 Å². The van der Waals surface area contributed by atoms with Gasteiger partial charge >= 0.3 is 0 Å². The predicted octanol–water partition coefficient (Wildman–Crippen LogP) is 2.07. The molecule has 0 atom stereocenters. The molecule has 0 aromatic heterocycles. The van der Waals surface area contributed by atoms with Gasteiger partial charge in [-0.2, -0.15) is 0 Å². The maximum Gasteiger partial charge on any atom is 0.234 e. The summed E-state index contributed by atoms with van der Waals surface area (Å²) in [6.45, 7) is 0.671. The standard InChI is InChI=1S/C13H16ClNO/c14-9-13(16)15-7-6-10-4-5-11-2-1-3-12(11)8-10/h4-5,8H,1-3,6-7,9H2,(H,15,16). The van der Waals surface area contributed by atoms with Gasteiger partial charge in [-0.05, 0) is 42.4 Å². The summed E-state index contributed by atoms with van der Waals surface area (Å²) in [5.74, 6) is -0.0488. The highest BCUT2D eigenvalue weighted by Crippen LogP contribution is 2.22. The first-order chi connectivity index (χ1) is 7.79. The molecule has 0 fully saturated rings. The van der Waals surface area contributed by atoms with Gasteiger partial charge in [0.05, 0.1) is 0 Å². The zero-order valence-corrected chi connectivity index (χ0v) is 10.0. The third kappa shape index (κ3) is 2.76. The van der Waals surface area contributed by atoms with E-state index in [0.29, 0.717) is 6.54 Å². The molecule has 2 rings (SSSR count). The van der Waals surface area contributed by atoms with E-state index in [4.69, 9.17) is 11.6 Å². The van der Waals surface area contributed by atoms with Crippen LogP contribution >= 0.6 is 11.6 Å². The summed E-state index contributed by atoms with van der Waals surface area (Å²) in [5, 5.41) is 2.78. The van der Waals surface area contributed by atoms with Gasteiger partial charge in [-0.15, -0.1) is 11.6 Å². The topological polar surface area (TPSA) is 29.1 Å². The number of fused-ring (bicyclic) bond motifs is 1. The largest absolute Gasteiger partial charge is 0.355 e. The highest BCUT2D eigenvalue weighted by molar-refractivity contribution is 6.27. The van der Waals surface area contributed by atoms with Crippen molar-refractivity contribution < 1.29 is 4.79 Å². The smallest absolute Gasteiger partial charge is 0.234 e. The van der Waals surface area contributed by atoms with Crippen molar-refractivity contribution in [3.8, 4) is 0 Å². The molecule has 86 valence electrons. The molecule has 1 aromatic carbocycles. The SMILES string of the molecule is O=C(CCl)NCCc1ccc2c(c1)CCC2. The lowest BCUT2D eigenvalue weighted by atomic mass is 10.0. The molecule has 16 heavy (non-hydrogen) atoms. The molecule has 2 nitrogen and oxygen atoms in total. The Balaban J connectivity index is 1.88. The molecule has 0 spiro atoms. The summed E-state index contributed by atoms with van der Waals surface area (Å²) in [6.07, 6.45) is 4.59. The van der Waals surface area contributed by atoms with Crippen LogP contribution in [-0.2, 0) is 24.1 Å². The molecule has 1 aliphatic rings. The third-order valence-corrected chi connectivity index (χ3v) is 3.26. The number of nitrogens with one attached hydrogen (secondary N) is 1. The van der Waals surface area contributed by atoms with E-state index in [2.05, 4.69) is 23.5 Å². The highest BCUT2D eigenvalue weighted by atomic mass is 35.5. The van der Waals surface area contributed by atoms with E-state index >= 15 is 0 Å². The van der Waals surface area contributed by atoms with Gasteiger partial charge in [0.15, 0.2) is 0 Å². The molecule has 0 saturated heterocycles. The van der Waals surface area contributed by atoms with Gasteiger partial charge < -0.3 is 5.32 Å². The average Bonchev–Trinajstić information content (AvgIpc) is 2.76. The molecule has 0 aliphatic heterocycles. The second kappa shape index (κ2) is 5.35. The normalized spacial score (nSPS) is 13.6. The minimum atomic E-state index is -0.0946. The van der Waals surface area contributed by atoms with Crippen LogP contribution in [0.4, 0.5) is 0 Å². The molecule has 1 aromatic rings. The molecule has 0 bridgehead atoms. The number of aryl methyl sites for hydroxylation is 2. The maximum atomic E-state index is 10.9. The molecular weight excluding hydrogens is 222 g/mol. The first-order valence-electron chi connectivity index (χ1n) is 5.73. The number of rotatable bonds is 4. The van der Waals surface area contributed by atoms with Crippen molar-refractivity contribution in [3.63, 3.8) is 0 Å². The van der Waals surface area contributed by atoms with E-state index in [9.17, 15) is 4.79 Å². The van der Waals surface area contributed by atoms with E-state index in [0.717, 1.165) is 6.42 Å². The van der Waals surface area contributed by atoms with E-state index < -0.39 is 0 Å². The van der Waals surface area contributed by atoms with Crippen LogP contribution in [0, 0.1) is 0 Å². The number of hydrogen-bond donors (Lipinski definition) is 1. The van der Waals surface area contributed by atoms with Gasteiger partial charge in [0.2, 0.25) is 5.91 Å². The molecule has 0 unspecified atom stereocenters. The first kappa shape index (κ1) is 11.5. The fraction of sp³-hybridized carbons (Fsp3) is 0.462. The van der Waals surface area contributed by atoms with E-state index in [-0.39, 0.29) is 11.8 Å². The van der Waals surface area contributed by atoms with Crippen molar-refractivity contribution in [2.24, 2.45) is 0 Å². The summed E-state index contributed by atoms with van der Waals surface area (Å²) < 4.78 is 0. The zero-order valence-electron chi connectivity index (χ0n) is 9.26. The first-order valence-corrected chi connectivity index (χ1v) is 6.26. The van der Waals surface area contributed by atoms with Crippen LogP contribution in [0.5, 0.6) is 0 Å². The van der Waals surface area contributed by atoms with Gasteiger partial charge in [0.1, 0.15) is 5.88 Å². The summed E-state index contributed by atoms with van der Waals surface area (Å²) in [4.78, 5) is 10.9. The van der Waals surface area contributed by atoms with Crippen molar-refractivity contribution in [2.45, 2.75) is 25.7 Å². The van der Waals surface area contributed by atoms with E-state index in [1.54, 1.807) is 0 Å². The number of carbonyl (C=O) groups excluding carboxylic acids is 1. The van der Waals surface area contributed by atoms with Crippen LogP contribution < -0.4 is 5.32 Å². The summed E-state index contributed by atoms with van der Waals surface area (Å²) in [6, 6.07) is 6.66. The molecule has 1 N–H and O–H groups in total. The monoisotopic (exact) mass is 237 g/mol. The van der Waals surface area contributed by atoms with Crippen molar-refractivity contribution >= 4 is 17.5 Å². The number of hydrogen-bond acceptors (Lipinski definition) is 1. The lowest BCUT2D eigenvalue weighted by molar-refractivity contribution is -0.118. The van der Waals surface area contributed by atoms with Crippen LogP contribution in [0.1, 0.15) is 23.1 Å². The summed E-state index contributed by atoms with van der Waals surface area (Å²) >= 11 is 5.40. The third-order valence-electron chi connectivity index (χ3n) is 3.02. The molecule has 3 heteroatoms. The van der Waals surface area contributed by atoms with Crippen molar-refractivity contribution in [1.82, 2.24) is 5.32 Å². The average molecular weight is 238 g/mol. The van der Waals surface area contributed by atoms with Gasteiger partial charge in [-0.25, -0.2) is 0 Å². The van der Waals surface area contributed by atoms with Crippen molar-refractivity contribution in [2.75, 3.05) is 12.4 Å². The Kier molecular flexibility index (Phi) is 3.83. The molecule has 0 saturated carbocycles. The van der Waals surface area contributed by atoms with Gasteiger partial charge in [0.25, 0.3) is 0 Å². The van der Waals surface area contributed by atoms with Gasteiger partial charge in [-0.3, -0.25) is 4.79 Å². The summed E-state index contributed by atoms with van der Waals surface area (Å²) in [5.41, 5.74) is 4.28. The van der Waals surface area contributed by atoms with Crippen molar-refractivity contribution in [1.29, 1.82) is 0 Å². The van der Waals surface area contributed by atoms with Crippen LogP contribution in [-0.4, -0.2) is 18.3 Å².